The zero-order valence-electron chi connectivity index (χ0n) is 16.8. The lowest BCUT2D eigenvalue weighted by Gasteiger charge is -2.59. The smallest absolute Gasteiger partial charge is 0.393 e. The van der Waals surface area contributed by atoms with Crippen molar-refractivity contribution >= 4 is 10.4 Å². The van der Waals surface area contributed by atoms with E-state index in [-0.39, 0.29) is 16.9 Å². The summed E-state index contributed by atoms with van der Waals surface area (Å²) in [5.74, 6) is 1.55. The van der Waals surface area contributed by atoms with Crippen LogP contribution in [0, 0.1) is 28.6 Å². The summed E-state index contributed by atoms with van der Waals surface area (Å²) < 4.78 is 38.1. The van der Waals surface area contributed by atoms with Crippen molar-refractivity contribution < 1.29 is 22.3 Å². The molecule has 3 saturated carbocycles. The summed E-state index contributed by atoms with van der Waals surface area (Å²) in [6.07, 6.45) is 10.2. The van der Waals surface area contributed by atoms with Crippen molar-refractivity contribution in [3.63, 3.8) is 0 Å². The molecule has 7 atom stereocenters. The van der Waals surface area contributed by atoms with Gasteiger partial charge in [-0.2, -0.15) is 8.42 Å². The van der Waals surface area contributed by atoms with Crippen LogP contribution in [0.15, 0.2) is 11.6 Å². The van der Waals surface area contributed by atoms with Gasteiger partial charge in [0, 0.05) is 5.41 Å². The lowest BCUT2D eigenvalue weighted by atomic mass is 9.47. The molecule has 5 nitrogen and oxygen atoms in total. The van der Waals surface area contributed by atoms with Crippen LogP contribution < -0.4 is 0 Å². The van der Waals surface area contributed by atoms with Crippen LogP contribution >= 0.6 is 0 Å². The molecule has 0 aromatic carbocycles. The topological polar surface area (TPSA) is 83.8 Å². The Morgan fingerprint density at radius 2 is 1.85 bits per heavy atom. The average Bonchev–Trinajstić information content (AvgIpc) is 2.87. The fourth-order valence-corrected chi connectivity index (χ4v) is 8.51. The van der Waals surface area contributed by atoms with Gasteiger partial charge in [0.2, 0.25) is 0 Å². The van der Waals surface area contributed by atoms with Crippen molar-refractivity contribution in [2.75, 3.05) is 0 Å². The van der Waals surface area contributed by atoms with Crippen molar-refractivity contribution in [1.82, 2.24) is 0 Å². The lowest BCUT2D eigenvalue weighted by molar-refractivity contribution is -0.113. The highest BCUT2D eigenvalue weighted by Gasteiger charge is 2.65. The number of fused-ring (bicyclic) bond motifs is 5. The van der Waals surface area contributed by atoms with Gasteiger partial charge in [-0.3, -0.25) is 4.55 Å². The van der Waals surface area contributed by atoms with Gasteiger partial charge in [-0.15, -0.1) is 0 Å². The van der Waals surface area contributed by atoms with E-state index in [2.05, 4.69) is 19.9 Å². The first-order chi connectivity index (χ1) is 12.5. The van der Waals surface area contributed by atoms with Gasteiger partial charge in [-0.25, -0.2) is 4.18 Å². The van der Waals surface area contributed by atoms with Gasteiger partial charge in [0.05, 0.1) is 11.7 Å². The summed E-state index contributed by atoms with van der Waals surface area (Å²) in [6.45, 7) is 6.57. The Kier molecular flexibility index (Phi) is 4.62. The number of hydrogen-bond donors (Lipinski definition) is 2. The van der Waals surface area contributed by atoms with Gasteiger partial charge in [0.1, 0.15) is 0 Å². The first kappa shape index (κ1) is 19.9. The Hall–Kier alpha value is -0.430. The van der Waals surface area contributed by atoms with E-state index in [1.165, 1.54) is 5.57 Å². The van der Waals surface area contributed by atoms with Crippen LogP contribution in [0.1, 0.15) is 78.6 Å². The molecule has 3 fully saturated rings. The highest BCUT2D eigenvalue weighted by atomic mass is 32.3. The number of aliphatic hydroxyl groups is 1. The van der Waals surface area contributed by atoms with E-state index in [4.69, 9.17) is 4.18 Å². The zero-order valence-corrected chi connectivity index (χ0v) is 17.6. The number of allylic oxidation sites excluding steroid dienone is 1. The number of hydrogen-bond acceptors (Lipinski definition) is 4. The molecule has 4 aliphatic carbocycles. The molecular weight excluding hydrogens is 364 g/mol. The van der Waals surface area contributed by atoms with E-state index in [9.17, 15) is 18.1 Å². The molecule has 0 saturated heterocycles. The summed E-state index contributed by atoms with van der Waals surface area (Å²) in [5, 5.41) is 10.1. The molecule has 0 amide bonds. The van der Waals surface area contributed by atoms with Gasteiger partial charge in [0.25, 0.3) is 0 Å². The maximum Gasteiger partial charge on any atom is 0.397 e. The maximum absolute atomic E-state index is 11.6. The van der Waals surface area contributed by atoms with Gasteiger partial charge < -0.3 is 5.11 Å². The summed E-state index contributed by atoms with van der Waals surface area (Å²) in [5.41, 5.74) is 0.601. The minimum atomic E-state index is -4.47. The standard InChI is InChI=1S/C21H34O5S/c1-4-21(26-27(23,24)25)12-9-18-16-6-5-14-13-15(22)7-10-19(14,2)17(16)8-11-20(18,21)3/h5,15-18,22H,4,6-13H2,1-3H3,(H,23,24,25)/t15?,16?,17?,18?,19-,20-,21+/m0/s1. The third-order valence-corrected chi connectivity index (χ3v) is 9.73. The lowest BCUT2D eigenvalue weighted by Crippen LogP contribution is -2.55. The van der Waals surface area contributed by atoms with Crippen molar-refractivity contribution in [1.29, 1.82) is 0 Å². The summed E-state index contributed by atoms with van der Waals surface area (Å²) in [6, 6.07) is 0. The Morgan fingerprint density at radius 3 is 2.52 bits per heavy atom. The fraction of sp³-hybridized carbons (Fsp3) is 0.905. The Bertz CT molecular complexity index is 746. The molecule has 0 aliphatic heterocycles. The molecule has 0 heterocycles. The quantitative estimate of drug-likeness (QED) is 0.548. The highest BCUT2D eigenvalue weighted by molar-refractivity contribution is 7.80. The van der Waals surface area contributed by atoms with E-state index < -0.39 is 16.0 Å². The predicted octanol–water partition coefficient (Wildman–Crippen LogP) is 4.28. The van der Waals surface area contributed by atoms with E-state index in [0.717, 1.165) is 44.9 Å². The first-order valence-electron chi connectivity index (χ1n) is 10.6. The first-order valence-corrected chi connectivity index (χ1v) is 12.0. The minimum absolute atomic E-state index is 0.171. The van der Waals surface area contributed by atoms with Crippen LogP contribution in [0.5, 0.6) is 0 Å². The Labute approximate surface area is 163 Å². The maximum atomic E-state index is 11.6. The van der Waals surface area contributed by atoms with Crippen molar-refractivity contribution in [2.45, 2.75) is 90.3 Å². The van der Waals surface area contributed by atoms with Gasteiger partial charge >= 0.3 is 10.4 Å². The molecule has 2 N–H and O–H groups in total. The molecule has 154 valence electrons. The summed E-state index contributed by atoms with van der Waals surface area (Å²) in [4.78, 5) is 0. The van der Waals surface area contributed by atoms with Crippen LogP contribution in [0.3, 0.4) is 0 Å². The SMILES string of the molecule is CC[C@@]1(OS(=O)(=O)O)CCC2C3CC=C4CC(O)CC[C@]4(C)C3CC[C@@]21C. The normalized spacial score (nSPS) is 49.7. The fourth-order valence-electron chi connectivity index (χ4n) is 7.71. The van der Waals surface area contributed by atoms with E-state index in [1.54, 1.807) is 0 Å². The van der Waals surface area contributed by atoms with E-state index in [1.807, 2.05) is 6.92 Å². The van der Waals surface area contributed by atoms with Crippen LogP contribution in [0.25, 0.3) is 0 Å². The van der Waals surface area contributed by atoms with Crippen molar-refractivity contribution in [3.8, 4) is 0 Å². The monoisotopic (exact) mass is 398 g/mol. The Balaban J connectivity index is 1.68. The molecule has 27 heavy (non-hydrogen) atoms. The molecule has 4 rings (SSSR count). The third kappa shape index (κ3) is 2.85. The molecule has 0 bridgehead atoms. The van der Waals surface area contributed by atoms with Crippen LogP contribution in [-0.4, -0.2) is 29.8 Å². The molecular formula is C21H34O5S. The zero-order chi connectivity index (χ0) is 19.7. The van der Waals surface area contributed by atoms with Gasteiger partial charge in [-0.05, 0) is 81.0 Å². The minimum Gasteiger partial charge on any atom is -0.393 e. The van der Waals surface area contributed by atoms with Crippen molar-refractivity contribution in [3.05, 3.63) is 11.6 Å². The number of aliphatic hydroxyl groups excluding tert-OH is 1. The molecule has 4 unspecified atom stereocenters. The summed E-state index contributed by atoms with van der Waals surface area (Å²) >= 11 is 0. The van der Waals surface area contributed by atoms with E-state index in [0.29, 0.717) is 30.6 Å². The second-order valence-corrected chi connectivity index (χ2v) is 11.0. The molecule has 4 aliphatic rings. The van der Waals surface area contributed by atoms with Crippen LogP contribution in [0.4, 0.5) is 0 Å². The van der Waals surface area contributed by atoms with Crippen molar-refractivity contribution in [2.24, 2.45) is 28.6 Å². The van der Waals surface area contributed by atoms with Gasteiger partial charge in [0.15, 0.2) is 0 Å². The van der Waals surface area contributed by atoms with Crippen LogP contribution in [-0.2, 0) is 14.6 Å². The second-order valence-electron chi connectivity index (χ2n) is 10.0. The Morgan fingerprint density at radius 1 is 1.15 bits per heavy atom. The molecule has 0 radical (unpaired) electrons. The number of rotatable bonds is 3. The molecule has 0 spiro atoms. The van der Waals surface area contributed by atoms with Gasteiger partial charge in [-0.1, -0.05) is 32.4 Å². The predicted molar refractivity (Wildman–Crippen MR) is 103 cm³/mol. The molecule has 6 heteroatoms. The average molecular weight is 399 g/mol. The largest absolute Gasteiger partial charge is 0.397 e. The second kappa shape index (κ2) is 6.28. The molecule has 0 aromatic heterocycles. The van der Waals surface area contributed by atoms with Crippen LogP contribution in [0.2, 0.25) is 0 Å². The summed E-state index contributed by atoms with van der Waals surface area (Å²) in [7, 11) is -4.47. The molecule has 0 aromatic rings. The third-order valence-electron chi connectivity index (χ3n) is 9.20. The highest BCUT2D eigenvalue weighted by Crippen LogP contribution is 2.68. The van der Waals surface area contributed by atoms with E-state index >= 15 is 0 Å².